The molecule has 0 aliphatic heterocycles. The van der Waals surface area contributed by atoms with E-state index in [2.05, 4.69) is 15.9 Å². The molecular weight excluding hydrogens is 263 g/mol. The summed E-state index contributed by atoms with van der Waals surface area (Å²) in [4.78, 5) is 11.2. The molecule has 82 valence electrons. The highest BCUT2D eigenvalue weighted by Gasteiger charge is 2.04. The third-order valence-electron chi connectivity index (χ3n) is 1.92. The Kier molecular flexibility index (Phi) is 4.91. The first-order chi connectivity index (χ1) is 7.11. The molecule has 0 unspecified atom stereocenters. The van der Waals surface area contributed by atoms with Crippen molar-refractivity contribution in [2.24, 2.45) is 0 Å². The Labute approximate surface area is 96.6 Å². The van der Waals surface area contributed by atoms with E-state index in [1.807, 2.05) is 6.07 Å². The van der Waals surface area contributed by atoms with Gasteiger partial charge in [-0.25, -0.2) is 4.39 Å². The predicted octanol–water partition coefficient (Wildman–Crippen LogP) is 2.74. The molecule has 0 heterocycles. The van der Waals surface area contributed by atoms with Gasteiger partial charge >= 0.3 is 0 Å². The second-order valence-electron chi connectivity index (χ2n) is 3.25. The average molecular weight is 275 g/mol. The van der Waals surface area contributed by atoms with Gasteiger partial charge in [-0.05, 0) is 30.2 Å². The number of benzene rings is 1. The quantitative estimate of drug-likeness (QED) is 0.826. The van der Waals surface area contributed by atoms with Crippen LogP contribution >= 0.6 is 15.9 Å². The van der Waals surface area contributed by atoms with Crippen LogP contribution in [0, 0.1) is 5.82 Å². The number of halogens is 2. The summed E-state index contributed by atoms with van der Waals surface area (Å²) in [5.74, 6) is -0.267. The van der Waals surface area contributed by atoms with Crippen molar-refractivity contribution in [3.63, 3.8) is 0 Å². The zero-order chi connectivity index (χ0) is 11.3. The van der Waals surface area contributed by atoms with Crippen LogP contribution in [0.3, 0.4) is 0 Å². The van der Waals surface area contributed by atoms with Gasteiger partial charge in [-0.3, -0.25) is 4.79 Å². The van der Waals surface area contributed by atoms with E-state index in [0.717, 1.165) is 5.56 Å². The molecule has 0 N–H and O–H groups in total. The van der Waals surface area contributed by atoms with E-state index in [1.54, 1.807) is 0 Å². The van der Waals surface area contributed by atoms with E-state index >= 15 is 0 Å². The number of carbonyl (C=O) groups is 1. The summed E-state index contributed by atoms with van der Waals surface area (Å²) in [5, 5.41) is 0. The fourth-order valence-electron chi connectivity index (χ4n) is 1.27. The summed E-state index contributed by atoms with van der Waals surface area (Å²) < 4.78 is 18.4. The van der Waals surface area contributed by atoms with Gasteiger partial charge in [0.1, 0.15) is 12.4 Å². The smallest absolute Gasteiger partial charge is 0.158 e. The van der Waals surface area contributed by atoms with Crippen molar-refractivity contribution in [1.29, 1.82) is 0 Å². The second kappa shape index (κ2) is 5.98. The third kappa shape index (κ3) is 4.53. The van der Waals surface area contributed by atoms with Crippen LogP contribution in [0.15, 0.2) is 22.7 Å². The number of hydrogen-bond donors (Lipinski definition) is 0. The number of carbonyl (C=O) groups excluding carboxylic acids is 1. The van der Waals surface area contributed by atoms with Crippen molar-refractivity contribution >= 4 is 21.7 Å². The summed E-state index contributed by atoms with van der Waals surface area (Å²) >= 11 is 3.20. The Bertz CT molecular complexity index is 332. The van der Waals surface area contributed by atoms with E-state index in [9.17, 15) is 9.18 Å². The highest BCUT2D eigenvalue weighted by Crippen LogP contribution is 2.16. The summed E-state index contributed by atoms with van der Waals surface area (Å²) in [6.45, 7) is 0.122. The van der Waals surface area contributed by atoms with E-state index in [4.69, 9.17) is 4.74 Å². The predicted molar refractivity (Wildman–Crippen MR) is 59.3 cm³/mol. The van der Waals surface area contributed by atoms with Crippen molar-refractivity contribution < 1.29 is 13.9 Å². The summed E-state index contributed by atoms with van der Waals surface area (Å²) in [5.41, 5.74) is 0.811. The molecule has 1 rings (SSSR count). The lowest BCUT2D eigenvalue weighted by molar-refractivity contribution is -0.122. The lowest BCUT2D eigenvalue weighted by Gasteiger charge is -2.02. The van der Waals surface area contributed by atoms with Crippen LogP contribution in [0.2, 0.25) is 0 Å². The molecule has 2 nitrogen and oxygen atoms in total. The zero-order valence-corrected chi connectivity index (χ0v) is 10.0. The number of rotatable bonds is 5. The minimum absolute atomic E-state index is 0.0258. The van der Waals surface area contributed by atoms with Gasteiger partial charge in [0.15, 0.2) is 5.78 Å². The Balaban J connectivity index is 2.54. The summed E-state index contributed by atoms with van der Waals surface area (Å²) in [7, 11) is 1.48. The Morgan fingerprint density at radius 2 is 2.20 bits per heavy atom. The standard InChI is InChI=1S/C11H12BrFO2/c1-15-7-11(14)3-2-8-4-9(12)6-10(13)5-8/h4-6H,2-3,7H2,1H3. The Morgan fingerprint density at radius 1 is 1.47 bits per heavy atom. The van der Waals surface area contributed by atoms with Crippen LogP contribution in [-0.4, -0.2) is 19.5 Å². The molecule has 0 saturated heterocycles. The number of Topliss-reactive ketones (excluding diaryl/α,β-unsaturated/α-hetero) is 1. The Morgan fingerprint density at radius 3 is 2.80 bits per heavy atom. The van der Waals surface area contributed by atoms with Crippen LogP contribution in [0.5, 0.6) is 0 Å². The first-order valence-electron chi connectivity index (χ1n) is 4.57. The molecule has 0 atom stereocenters. The number of aryl methyl sites for hydroxylation is 1. The molecule has 1 aromatic carbocycles. The molecule has 4 heteroatoms. The van der Waals surface area contributed by atoms with Crippen molar-refractivity contribution in [3.05, 3.63) is 34.1 Å². The molecule has 0 bridgehead atoms. The molecule has 0 aliphatic carbocycles. The second-order valence-corrected chi connectivity index (χ2v) is 4.17. The monoisotopic (exact) mass is 274 g/mol. The van der Waals surface area contributed by atoms with Crippen molar-refractivity contribution in [2.45, 2.75) is 12.8 Å². The fourth-order valence-corrected chi connectivity index (χ4v) is 1.78. The van der Waals surface area contributed by atoms with Crippen molar-refractivity contribution in [1.82, 2.24) is 0 Å². The van der Waals surface area contributed by atoms with Gasteiger partial charge < -0.3 is 4.74 Å². The van der Waals surface area contributed by atoms with Crippen molar-refractivity contribution in [3.8, 4) is 0 Å². The van der Waals surface area contributed by atoms with Gasteiger partial charge in [0.2, 0.25) is 0 Å². The maximum absolute atomic E-state index is 13.0. The number of methoxy groups -OCH3 is 1. The van der Waals surface area contributed by atoms with Crippen LogP contribution in [0.25, 0.3) is 0 Å². The van der Waals surface area contributed by atoms with E-state index < -0.39 is 0 Å². The molecule has 0 amide bonds. The summed E-state index contributed by atoms with van der Waals surface area (Å²) in [6, 6.07) is 4.63. The molecule has 1 aromatic rings. The van der Waals surface area contributed by atoms with Gasteiger partial charge in [0.05, 0.1) is 0 Å². The largest absolute Gasteiger partial charge is 0.377 e. The van der Waals surface area contributed by atoms with Gasteiger partial charge in [0.25, 0.3) is 0 Å². The molecule has 0 radical (unpaired) electrons. The highest BCUT2D eigenvalue weighted by molar-refractivity contribution is 9.10. The maximum atomic E-state index is 13.0. The number of hydrogen-bond acceptors (Lipinski definition) is 2. The van der Waals surface area contributed by atoms with Gasteiger partial charge in [-0.1, -0.05) is 15.9 Å². The minimum atomic E-state index is -0.293. The molecule has 0 aromatic heterocycles. The topological polar surface area (TPSA) is 26.3 Å². The SMILES string of the molecule is COCC(=O)CCc1cc(F)cc(Br)c1. The van der Waals surface area contributed by atoms with E-state index in [1.165, 1.54) is 19.2 Å². The molecule has 0 aliphatic rings. The average Bonchev–Trinajstić information content (AvgIpc) is 2.14. The maximum Gasteiger partial charge on any atom is 0.158 e. The first kappa shape index (κ1) is 12.3. The normalized spacial score (nSPS) is 10.3. The van der Waals surface area contributed by atoms with Gasteiger partial charge in [-0.15, -0.1) is 0 Å². The van der Waals surface area contributed by atoms with Crippen LogP contribution in [-0.2, 0) is 16.0 Å². The van der Waals surface area contributed by atoms with Gasteiger partial charge in [-0.2, -0.15) is 0 Å². The van der Waals surface area contributed by atoms with E-state index in [-0.39, 0.29) is 18.2 Å². The third-order valence-corrected chi connectivity index (χ3v) is 2.38. The Hall–Kier alpha value is -0.740. The van der Waals surface area contributed by atoms with Crippen LogP contribution < -0.4 is 0 Å². The minimum Gasteiger partial charge on any atom is -0.377 e. The lowest BCUT2D eigenvalue weighted by Crippen LogP contribution is -2.07. The van der Waals surface area contributed by atoms with Gasteiger partial charge in [0, 0.05) is 18.0 Å². The molecule has 0 spiro atoms. The summed E-state index contributed by atoms with van der Waals surface area (Å²) in [6.07, 6.45) is 0.919. The van der Waals surface area contributed by atoms with Crippen LogP contribution in [0.4, 0.5) is 4.39 Å². The first-order valence-corrected chi connectivity index (χ1v) is 5.36. The van der Waals surface area contributed by atoms with Crippen molar-refractivity contribution in [2.75, 3.05) is 13.7 Å². The lowest BCUT2D eigenvalue weighted by atomic mass is 10.1. The van der Waals surface area contributed by atoms with E-state index in [0.29, 0.717) is 17.3 Å². The molecule has 0 saturated carbocycles. The molecule has 15 heavy (non-hydrogen) atoms. The van der Waals surface area contributed by atoms with Crippen LogP contribution in [0.1, 0.15) is 12.0 Å². The number of ether oxygens (including phenoxy) is 1. The molecular formula is C11H12BrFO2. The number of ketones is 1. The fraction of sp³-hybridized carbons (Fsp3) is 0.364. The molecule has 0 fully saturated rings. The zero-order valence-electron chi connectivity index (χ0n) is 8.43. The highest BCUT2D eigenvalue weighted by atomic mass is 79.9.